The first kappa shape index (κ1) is 12.6. The summed E-state index contributed by atoms with van der Waals surface area (Å²) in [7, 11) is 0. The quantitative estimate of drug-likeness (QED) is 0.879. The molecule has 4 aliphatic carbocycles. The molecule has 0 spiro atoms. The molecule has 5 aliphatic rings. The van der Waals surface area contributed by atoms with Gasteiger partial charge >= 0.3 is 0 Å². The monoisotopic (exact) mass is 286 g/mol. The lowest BCUT2D eigenvalue weighted by atomic mass is 9.49. The average Bonchev–Trinajstić information content (AvgIpc) is 2.97. The van der Waals surface area contributed by atoms with Gasteiger partial charge < -0.3 is 5.32 Å². The summed E-state index contributed by atoms with van der Waals surface area (Å²) in [4.78, 5) is 5.03. The van der Waals surface area contributed by atoms with E-state index in [1.54, 1.807) is 0 Å². The fourth-order valence-corrected chi connectivity index (χ4v) is 6.17. The lowest BCUT2D eigenvalue weighted by Gasteiger charge is -2.55. The lowest BCUT2D eigenvalue weighted by molar-refractivity contribution is -0.00926. The van der Waals surface area contributed by atoms with Gasteiger partial charge in [0.2, 0.25) is 0 Å². The van der Waals surface area contributed by atoms with Crippen LogP contribution in [0.15, 0.2) is 0 Å². The van der Waals surface area contributed by atoms with Crippen LogP contribution in [0.1, 0.15) is 68.9 Å². The first-order chi connectivity index (χ1) is 10.3. The van der Waals surface area contributed by atoms with Gasteiger partial charge in [-0.3, -0.25) is 5.10 Å². The maximum Gasteiger partial charge on any atom is 0.156 e. The minimum Gasteiger partial charge on any atom is -0.317 e. The second-order valence-electron chi connectivity index (χ2n) is 8.27. The second-order valence-corrected chi connectivity index (χ2v) is 8.27. The predicted octanol–water partition coefficient (Wildman–Crippen LogP) is 2.74. The Balaban J connectivity index is 1.44. The number of piperidine rings is 1. The normalized spacial score (nSPS) is 42.6. The molecule has 4 heteroatoms. The van der Waals surface area contributed by atoms with Crippen molar-refractivity contribution in [3.63, 3.8) is 0 Å². The number of H-pyrrole nitrogens is 1. The van der Waals surface area contributed by atoms with Crippen molar-refractivity contribution >= 4 is 0 Å². The van der Waals surface area contributed by atoms with Gasteiger partial charge in [0.1, 0.15) is 5.82 Å². The largest absolute Gasteiger partial charge is 0.317 e. The molecule has 0 atom stereocenters. The molecule has 4 bridgehead atoms. The van der Waals surface area contributed by atoms with Gasteiger partial charge in [-0.15, -0.1) is 0 Å². The Morgan fingerprint density at radius 3 is 2.14 bits per heavy atom. The Bertz CT molecular complexity index is 493. The Hall–Kier alpha value is -0.900. The molecular formula is C17H26N4. The summed E-state index contributed by atoms with van der Waals surface area (Å²) in [6, 6.07) is 0. The SMILES string of the molecule is C1CC(c2nc(C34CC5CC(CC(C5)C3)C4)n[nH]2)CCN1. The maximum atomic E-state index is 5.03. The van der Waals surface area contributed by atoms with E-state index in [4.69, 9.17) is 10.1 Å². The molecule has 4 saturated carbocycles. The molecule has 6 rings (SSSR count). The van der Waals surface area contributed by atoms with Crippen LogP contribution in [0.3, 0.4) is 0 Å². The summed E-state index contributed by atoms with van der Waals surface area (Å²) >= 11 is 0. The highest BCUT2D eigenvalue weighted by Crippen LogP contribution is 2.60. The maximum absolute atomic E-state index is 5.03. The van der Waals surface area contributed by atoms with Crippen molar-refractivity contribution in [1.82, 2.24) is 20.5 Å². The fraction of sp³-hybridized carbons (Fsp3) is 0.882. The third kappa shape index (κ3) is 1.98. The minimum atomic E-state index is 0.344. The molecule has 1 aromatic rings. The number of nitrogens with zero attached hydrogens (tertiary/aromatic N) is 2. The first-order valence-corrected chi connectivity index (χ1v) is 8.94. The molecule has 0 radical (unpaired) electrons. The number of aromatic amines is 1. The van der Waals surface area contributed by atoms with E-state index in [9.17, 15) is 0 Å². The van der Waals surface area contributed by atoms with Gasteiger partial charge in [0, 0.05) is 11.3 Å². The molecule has 4 nitrogen and oxygen atoms in total. The summed E-state index contributed by atoms with van der Waals surface area (Å²) in [5, 5.41) is 11.5. The molecule has 21 heavy (non-hydrogen) atoms. The number of nitrogens with one attached hydrogen (secondary N) is 2. The van der Waals surface area contributed by atoms with Crippen molar-refractivity contribution in [2.75, 3.05) is 13.1 Å². The van der Waals surface area contributed by atoms with Crippen molar-refractivity contribution < 1.29 is 0 Å². The summed E-state index contributed by atoms with van der Waals surface area (Å²) < 4.78 is 0. The van der Waals surface area contributed by atoms with Crippen LogP contribution in [-0.4, -0.2) is 28.3 Å². The molecular weight excluding hydrogens is 260 g/mol. The van der Waals surface area contributed by atoms with Gasteiger partial charge in [0.25, 0.3) is 0 Å². The molecule has 114 valence electrons. The van der Waals surface area contributed by atoms with E-state index in [2.05, 4.69) is 10.4 Å². The van der Waals surface area contributed by atoms with Crippen LogP contribution in [0.2, 0.25) is 0 Å². The highest BCUT2D eigenvalue weighted by molar-refractivity contribution is 5.18. The van der Waals surface area contributed by atoms with Gasteiger partial charge in [-0.05, 0) is 82.2 Å². The standard InChI is InChI=1S/C17H26N4/c1-3-18-4-2-14(1)15-19-16(21-20-15)17-8-11-5-12(9-17)7-13(6-11)10-17/h11-14,18H,1-10H2,(H,19,20,21). The van der Waals surface area contributed by atoms with E-state index in [1.165, 1.54) is 63.0 Å². The van der Waals surface area contributed by atoms with Crippen molar-refractivity contribution in [3.05, 3.63) is 11.6 Å². The summed E-state index contributed by atoms with van der Waals surface area (Å²) in [6.45, 7) is 2.25. The first-order valence-electron chi connectivity index (χ1n) is 8.94. The summed E-state index contributed by atoms with van der Waals surface area (Å²) in [5.74, 6) is 5.85. The summed E-state index contributed by atoms with van der Waals surface area (Å²) in [5.41, 5.74) is 0.344. The van der Waals surface area contributed by atoms with Crippen LogP contribution in [-0.2, 0) is 5.41 Å². The smallest absolute Gasteiger partial charge is 0.156 e. The minimum absolute atomic E-state index is 0.344. The van der Waals surface area contributed by atoms with Crippen molar-refractivity contribution in [3.8, 4) is 0 Å². The Morgan fingerprint density at radius 1 is 0.905 bits per heavy atom. The van der Waals surface area contributed by atoms with E-state index < -0.39 is 0 Å². The summed E-state index contributed by atoms with van der Waals surface area (Å²) in [6.07, 6.45) is 11.0. The molecule has 0 amide bonds. The van der Waals surface area contributed by atoms with E-state index in [0.717, 1.165) is 30.8 Å². The fourth-order valence-electron chi connectivity index (χ4n) is 6.17. The van der Waals surface area contributed by atoms with Crippen LogP contribution in [0, 0.1) is 17.8 Å². The van der Waals surface area contributed by atoms with Gasteiger partial charge in [0.05, 0.1) is 0 Å². The zero-order chi connectivity index (χ0) is 13.9. The highest BCUT2D eigenvalue weighted by Gasteiger charge is 2.53. The number of hydrogen-bond acceptors (Lipinski definition) is 3. The molecule has 1 saturated heterocycles. The van der Waals surface area contributed by atoms with Gasteiger partial charge in [0.15, 0.2) is 5.82 Å². The molecule has 2 heterocycles. The van der Waals surface area contributed by atoms with Crippen LogP contribution in [0.5, 0.6) is 0 Å². The molecule has 2 N–H and O–H groups in total. The molecule has 0 unspecified atom stereocenters. The van der Waals surface area contributed by atoms with Crippen LogP contribution < -0.4 is 5.32 Å². The van der Waals surface area contributed by atoms with Crippen molar-refractivity contribution in [1.29, 1.82) is 0 Å². The third-order valence-corrected chi connectivity index (χ3v) is 6.74. The predicted molar refractivity (Wildman–Crippen MR) is 81.1 cm³/mol. The Labute approximate surface area is 126 Å². The van der Waals surface area contributed by atoms with E-state index in [1.807, 2.05) is 0 Å². The van der Waals surface area contributed by atoms with E-state index in [-0.39, 0.29) is 0 Å². The topological polar surface area (TPSA) is 53.6 Å². The van der Waals surface area contributed by atoms with Gasteiger partial charge in [-0.1, -0.05) is 0 Å². The van der Waals surface area contributed by atoms with Crippen molar-refractivity contribution in [2.24, 2.45) is 17.8 Å². The zero-order valence-corrected chi connectivity index (χ0v) is 12.8. The molecule has 1 aromatic heterocycles. The van der Waals surface area contributed by atoms with Gasteiger partial charge in [-0.2, -0.15) is 5.10 Å². The Kier molecular flexibility index (Phi) is 2.73. The number of rotatable bonds is 2. The number of hydrogen-bond donors (Lipinski definition) is 2. The number of aromatic nitrogens is 3. The zero-order valence-electron chi connectivity index (χ0n) is 12.8. The molecule has 1 aliphatic heterocycles. The van der Waals surface area contributed by atoms with E-state index >= 15 is 0 Å². The van der Waals surface area contributed by atoms with E-state index in [0.29, 0.717) is 11.3 Å². The van der Waals surface area contributed by atoms with Crippen LogP contribution in [0.4, 0.5) is 0 Å². The lowest BCUT2D eigenvalue weighted by Crippen LogP contribution is -2.49. The van der Waals surface area contributed by atoms with Crippen LogP contribution >= 0.6 is 0 Å². The molecule has 0 aromatic carbocycles. The third-order valence-electron chi connectivity index (χ3n) is 6.74. The average molecular weight is 286 g/mol. The Morgan fingerprint density at radius 2 is 1.52 bits per heavy atom. The van der Waals surface area contributed by atoms with Crippen molar-refractivity contribution in [2.45, 2.75) is 62.7 Å². The van der Waals surface area contributed by atoms with Gasteiger partial charge in [-0.25, -0.2) is 4.98 Å². The van der Waals surface area contributed by atoms with Crippen LogP contribution in [0.25, 0.3) is 0 Å². The molecule has 5 fully saturated rings. The highest BCUT2D eigenvalue weighted by atomic mass is 15.2. The second kappa shape index (κ2) is 4.55.